The first-order chi connectivity index (χ1) is 14.3. The predicted octanol–water partition coefficient (Wildman–Crippen LogP) is 1.90. The Balaban J connectivity index is 2.16. The van der Waals surface area contributed by atoms with Crippen molar-refractivity contribution in [3.63, 3.8) is 0 Å². The first-order valence-corrected chi connectivity index (χ1v) is 9.50. The van der Waals surface area contributed by atoms with Crippen LogP contribution in [0.4, 0.5) is 0 Å². The normalized spacial score (nSPS) is 17.2. The van der Waals surface area contributed by atoms with E-state index in [1.807, 2.05) is 0 Å². The second-order valence-electron chi connectivity index (χ2n) is 5.56. The van der Waals surface area contributed by atoms with Crippen molar-refractivity contribution >= 4 is 52.6 Å². The number of halogens is 1. The van der Waals surface area contributed by atoms with Crippen molar-refractivity contribution in [1.29, 1.82) is 0 Å². The standard InChI is InChI=1S/C18H18ClN3O7S/c1-9(17(25)28-4)29-15-11(19)5-10(6-12(15)26-2)8-20-22-18-21-16(24)13(30-18)7-14(23)27-3/h5-9H,1-4H3,(H,21,22,24)/b13-7+,20-8?. The molecule has 0 aromatic heterocycles. The maximum absolute atomic E-state index is 11.8. The summed E-state index contributed by atoms with van der Waals surface area (Å²) in [5, 5.41) is 10.6. The summed E-state index contributed by atoms with van der Waals surface area (Å²) < 4.78 is 19.9. The first kappa shape index (κ1) is 23.2. The molecule has 1 heterocycles. The number of nitrogens with zero attached hydrogens (tertiary/aromatic N) is 2. The molecule has 1 atom stereocenters. The van der Waals surface area contributed by atoms with E-state index in [0.717, 1.165) is 17.8 Å². The van der Waals surface area contributed by atoms with Gasteiger partial charge in [0.25, 0.3) is 5.91 Å². The second-order valence-corrected chi connectivity index (χ2v) is 6.99. The summed E-state index contributed by atoms with van der Waals surface area (Å²) in [4.78, 5) is 34.7. The van der Waals surface area contributed by atoms with E-state index < -0.39 is 23.9 Å². The number of thioether (sulfide) groups is 1. The number of hydrogen-bond acceptors (Lipinski definition) is 10. The maximum atomic E-state index is 11.8. The van der Waals surface area contributed by atoms with Crippen LogP contribution in [0, 0.1) is 0 Å². The SMILES string of the molecule is COC(=O)/C=C1/S/C(=N\N=Cc2cc(Cl)c(OC(C)C(=O)OC)c(OC)c2)NC1=O. The molecule has 0 spiro atoms. The van der Waals surface area contributed by atoms with E-state index in [0.29, 0.717) is 5.56 Å². The van der Waals surface area contributed by atoms with Gasteiger partial charge in [-0.15, -0.1) is 5.10 Å². The van der Waals surface area contributed by atoms with Crippen molar-refractivity contribution in [1.82, 2.24) is 5.32 Å². The van der Waals surface area contributed by atoms with Crippen molar-refractivity contribution in [2.45, 2.75) is 13.0 Å². The van der Waals surface area contributed by atoms with Gasteiger partial charge in [0.15, 0.2) is 22.8 Å². The molecule has 1 aliphatic heterocycles. The summed E-state index contributed by atoms with van der Waals surface area (Å²) in [7, 11) is 3.88. The van der Waals surface area contributed by atoms with Crippen LogP contribution in [0.5, 0.6) is 11.5 Å². The lowest BCUT2D eigenvalue weighted by atomic mass is 10.2. The molecule has 12 heteroatoms. The lowest BCUT2D eigenvalue weighted by Gasteiger charge is -2.16. The molecule has 2 rings (SSSR count). The molecular formula is C18H18ClN3O7S. The highest BCUT2D eigenvalue weighted by Crippen LogP contribution is 2.37. The third-order valence-corrected chi connectivity index (χ3v) is 4.72. The molecule has 0 saturated carbocycles. The van der Waals surface area contributed by atoms with E-state index in [2.05, 4.69) is 25.0 Å². The van der Waals surface area contributed by atoms with E-state index in [9.17, 15) is 14.4 Å². The molecule has 1 aliphatic rings. The molecule has 1 amide bonds. The summed E-state index contributed by atoms with van der Waals surface area (Å²) in [6.07, 6.45) is 1.55. The van der Waals surface area contributed by atoms with Crippen molar-refractivity contribution in [3.05, 3.63) is 33.7 Å². The highest BCUT2D eigenvalue weighted by molar-refractivity contribution is 8.18. The molecule has 1 N–H and O–H groups in total. The molecule has 0 radical (unpaired) electrons. The molecule has 1 unspecified atom stereocenters. The van der Waals surface area contributed by atoms with Crippen LogP contribution < -0.4 is 14.8 Å². The Bertz CT molecular complexity index is 946. The van der Waals surface area contributed by atoms with Gasteiger partial charge in [-0.05, 0) is 30.8 Å². The quantitative estimate of drug-likeness (QED) is 0.286. The molecule has 1 aromatic carbocycles. The van der Waals surface area contributed by atoms with E-state index >= 15 is 0 Å². The minimum Gasteiger partial charge on any atom is -0.493 e. The smallest absolute Gasteiger partial charge is 0.346 e. The number of carbonyl (C=O) groups excluding carboxylic acids is 3. The van der Waals surface area contributed by atoms with Crippen molar-refractivity contribution in [2.75, 3.05) is 21.3 Å². The summed E-state index contributed by atoms with van der Waals surface area (Å²) in [5.74, 6) is -1.24. The number of esters is 2. The van der Waals surface area contributed by atoms with Gasteiger partial charge < -0.3 is 18.9 Å². The molecule has 0 bridgehead atoms. The fraction of sp³-hybridized carbons (Fsp3) is 0.278. The molecule has 1 aromatic rings. The van der Waals surface area contributed by atoms with Gasteiger partial charge in [0, 0.05) is 11.6 Å². The van der Waals surface area contributed by atoms with Crippen LogP contribution in [0.3, 0.4) is 0 Å². The Morgan fingerprint density at radius 1 is 1.23 bits per heavy atom. The van der Waals surface area contributed by atoms with Crippen LogP contribution in [-0.2, 0) is 23.9 Å². The van der Waals surface area contributed by atoms with Crippen LogP contribution in [0.2, 0.25) is 5.02 Å². The van der Waals surface area contributed by atoms with Crippen molar-refractivity contribution < 1.29 is 33.3 Å². The van der Waals surface area contributed by atoms with Crippen molar-refractivity contribution in [3.8, 4) is 11.5 Å². The Morgan fingerprint density at radius 3 is 2.60 bits per heavy atom. The zero-order chi connectivity index (χ0) is 22.3. The highest BCUT2D eigenvalue weighted by Gasteiger charge is 2.25. The van der Waals surface area contributed by atoms with Gasteiger partial charge in [-0.25, -0.2) is 9.59 Å². The number of hydrogen-bond donors (Lipinski definition) is 1. The highest BCUT2D eigenvalue weighted by atomic mass is 35.5. The third-order valence-electron chi connectivity index (χ3n) is 3.54. The number of methoxy groups -OCH3 is 3. The lowest BCUT2D eigenvalue weighted by Crippen LogP contribution is -2.25. The van der Waals surface area contributed by atoms with Crippen LogP contribution in [0.1, 0.15) is 12.5 Å². The fourth-order valence-corrected chi connectivity index (χ4v) is 3.11. The first-order valence-electron chi connectivity index (χ1n) is 8.31. The minimum atomic E-state index is -0.887. The number of benzene rings is 1. The largest absolute Gasteiger partial charge is 0.493 e. The average molecular weight is 456 g/mol. The van der Waals surface area contributed by atoms with Gasteiger partial charge in [0.1, 0.15) is 0 Å². The number of nitrogens with one attached hydrogen (secondary N) is 1. The number of carbonyl (C=O) groups is 3. The number of rotatable bonds is 7. The second kappa shape index (κ2) is 10.6. The molecule has 10 nitrogen and oxygen atoms in total. The molecule has 1 fully saturated rings. The van der Waals surface area contributed by atoms with Gasteiger partial charge in [-0.2, -0.15) is 5.10 Å². The third kappa shape index (κ3) is 5.97. The number of amides is 1. The summed E-state index contributed by atoms with van der Waals surface area (Å²) in [6.45, 7) is 1.52. The number of amidine groups is 1. The predicted molar refractivity (Wildman–Crippen MR) is 111 cm³/mol. The Hall–Kier alpha value is -3.05. The minimum absolute atomic E-state index is 0.141. The number of ether oxygens (including phenoxy) is 4. The van der Waals surface area contributed by atoms with E-state index in [1.54, 1.807) is 6.07 Å². The molecule has 30 heavy (non-hydrogen) atoms. The Labute approximate surface area is 181 Å². The van der Waals surface area contributed by atoms with Crippen LogP contribution in [-0.4, -0.2) is 56.7 Å². The van der Waals surface area contributed by atoms with E-state index in [-0.39, 0.29) is 26.6 Å². The van der Waals surface area contributed by atoms with Crippen LogP contribution in [0.25, 0.3) is 0 Å². The Kier molecular flexibility index (Phi) is 8.25. The van der Waals surface area contributed by atoms with Gasteiger partial charge in [-0.1, -0.05) is 11.6 Å². The summed E-state index contributed by atoms with van der Waals surface area (Å²) in [5.41, 5.74) is 0.527. The lowest BCUT2D eigenvalue weighted by molar-refractivity contribution is -0.148. The maximum Gasteiger partial charge on any atom is 0.346 e. The van der Waals surface area contributed by atoms with Gasteiger partial charge in [-0.3, -0.25) is 10.1 Å². The monoisotopic (exact) mass is 455 g/mol. The fourth-order valence-electron chi connectivity index (χ4n) is 2.11. The molecular weight excluding hydrogens is 438 g/mol. The van der Waals surface area contributed by atoms with Gasteiger partial charge in [0.2, 0.25) is 0 Å². The zero-order valence-corrected chi connectivity index (χ0v) is 18.0. The van der Waals surface area contributed by atoms with Gasteiger partial charge in [0.05, 0.1) is 37.5 Å². The topological polar surface area (TPSA) is 125 Å². The van der Waals surface area contributed by atoms with Crippen LogP contribution in [0.15, 0.2) is 33.3 Å². The summed E-state index contributed by atoms with van der Waals surface area (Å²) >= 11 is 7.19. The van der Waals surface area contributed by atoms with E-state index in [1.165, 1.54) is 40.5 Å². The van der Waals surface area contributed by atoms with Gasteiger partial charge >= 0.3 is 11.9 Å². The summed E-state index contributed by atoms with van der Waals surface area (Å²) in [6, 6.07) is 3.12. The molecule has 160 valence electrons. The molecule has 0 aliphatic carbocycles. The average Bonchev–Trinajstić information content (AvgIpc) is 3.07. The van der Waals surface area contributed by atoms with E-state index in [4.69, 9.17) is 21.1 Å². The zero-order valence-electron chi connectivity index (χ0n) is 16.4. The Morgan fingerprint density at radius 2 is 1.97 bits per heavy atom. The molecule has 1 saturated heterocycles. The van der Waals surface area contributed by atoms with Crippen molar-refractivity contribution in [2.24, 2.45) is 10.2 Å². The van der Waals surface area contributed by atoms with Crippen LogP contribution >= 0.6 is 23.4 Å².